The average molecular weight is 358 g/mol. The molecule has 0 aliphatic rings. The second kappa shape index (κ2) is 8.33. The Labute approximate surface area is 152 Å². The van der Waals surface area contributed by atoms with Crippen LogP contribution in [0.15, 0.2) is 36.5 Å². The molecule has 1 amide bonds. The van der Waals surface area contributed by atoms with E-state index in [1.54, 1.807) is 19.2 Å². The number of rotatable bonds is 7. The van der Waals surface area contributed by atoms with Gasteiger partial charge in [0.25, 0.3) is 5.91 Å². The lowest BCUT2D eigenvalue weighted by Gasteiger charge is -2.18. The molecule has 2 rings (SSSR count). The minimum Gasteiger partial charge on any atom is -0.493 e. The number of carboxylic acid groups (broad SMARTS) is 1. The van der Waals surface area contributed by atoms with Crippen LogP contribution in [0.2, 0.25) is 0 Å². The Balaban J connectivity index is 2.16. The van der Waals surface area contributed by atoms with Crippen molar-refractivity contribution in [3.63, 3.8) is 0 Å². The van der Waals surface area contributed by atoms with E-state index in [-0.39, 0.29) is 23.4 Å². The third kappa shape index (κ3) is 4.72. The molecule has 0 radical (unpaired) electrons. The largest absolute Gasteiger partial charge is 0.493 e. The Kier molecular flexibility index (Phi) is 6.16. The number of aromatic nitrogens is 1. The maximum Gasteiger partial charge on any atom is 0.335 e. The summed E-state index contributed by atoms with van der Waals surface area (Å²) >= 11 is 0. The Hall–Kier alpha value is -3.09. The number of amides is 1. The highest BCUT2D eigenvalue weighted by molar-refractivity contribution is 5.95. The highest BCUT2D eigenvalue weighted by Crippen LogP contribution is 2.31. The number of carbonyl (C=O) groups is 2. The monoisotopic (exact) mass is 358 g/mol. The smallest absolute Gasteiger partial charge is 0.335 e. The maximum atomic E-state index is 12.3. The Morgan fingerprint density at radius 3 is 2.46 bits per heavy atom. The number of ether oxygens (including phenoxy) is 2. The van der Waals surface area contributed by atoms with Crippen molar-refractivity contribution >= 4 is 11.9 Å². The Bertz CT molecular complexity index is 804. The third-order valence-electron chi connectivity index (χ3n) is 3.64. The van der Waals surface area contributed by atoms with Crippen LogP contribution in [0.3, 0.4) is 0 Å². The van der Waals surface area contributed by atoms with Crippen LogP contribution >= 0.6 is 0 Å². The van der Waals surface area contributed by atoms with Gasteiger partial charge in [-0.2, -0.15) is 0 Å². The molecule has 26 heavy (non-hydrogen) atoms. The van der Waals surface area contributed by atoms with Crippen molar-refractivity contribution < 1.29 is 24.2 Å². The summed E-state index contributed by atoms with van der Waals surface area (Å²) in [6.45, 7) is 5.67. The third-order valence-corrected chi connectivity index (χ3v) is 3.64. The molecule has 138 valence electrons. The van der Waals surface area contributed by atoms with Crippen LogP contribution in [-0.2, 0) is 0 Å². The minimum atomic E-state index is -1.11. The topological polar surface area (TPSA) is 97.8 Å². The minimum absolute atomic E-state index is 0.00894. The zero-order valence-electron chi connectivity index (χ0n) is 15.1. The zero-order chi connectivity index (χ0) is 19.3. The quantitative estimate of drug-likeness (QED) is 0.789. The summed E-state index contributed by atoms with van der Waals surface area (Å²) in [5.41, 5.74) is 0.874. The van der Waals surface area contributed by atoms with Crippen molar-refractivity contribution in [1.82, 2.24) is 10.3 Å². The summed E-state index contributed by atoms with van der Waals surface area (Å²) in [7, 11) is 1.55. The van der Waals surface area contributed by atoms with Crippen molar-refractivity contribution in [3.05, 3.63) is 53.3 Å². The van der Waals surface area contributed by atoms with Crippen molar-refractivity contribution in [1.29, 1.82) is 0 Å². The fraction of sp³-hybridized carbons (Fsp3) is 0.316. The highest BCUT2D eigenvalue weighted by atomic mass is 16.5. The number of carbonyl (C=O) groups excluding carboxylic acids is 1. The fourth-order valence-corrected chi connectivity index (χ4v) is 2.35. The Morgan fingerprint density at radius 2 is 1.85 bits per heavy atom. The number of nitrogens with one attached hydrogen (secondary N) is 1. The number of carboxylic acids is 1. The van der Waals surface area contributed by atoms with Crippen LogP contribution in [0, 0.1) is 0 Å². The molecule has 7 nitrogen and oxygen atoms in total. The molecule has 0 saturated heterocycles. The lowest BCUT2D eigenvalue weighted by molar-refractivity contribution is 0.0696. The predicted molar refractivity (Wildman–Crippen MR) is 95.8 cm³/mol. The molecule has 1 atom stereocenters. The van der Waals surface area contributed by atoms with Gasteiger partial charge in [-0.3, -0.25) is 9.78 Å². The lowest BCUT2D eigenvalue weighted by Crippen LogP contribution is -2.27. The molecule has 2 aromatic rings. The molecule has 0 aliphatic heterocycles. The number of nitrogens with zero attached hydrogens (tertiary/aromatic N) is 1. The van der Waals surface area contributed by atoms with Gasteiger partial charge in [-0.1, -0.05) is 6.07 Å². The molecule has 2 N–H and O–H groups in total. The highest BCUT2D eigenvalue weighted by Gasteiger charge is 2.16. The van der Waals surface area contributed by atoms with E-state index < -0.39 is 11.9 Å². The summed E-state index contributed by atoms with van der Waals surface area (Å²) < 4.78 is 11.0. The van der Waals surface area contributed by atoms with E-state index in [4.69, 9.17) is 14.6 Å². The number of methoxy groups -OCH3 is 1. The number of aromatic carboxylic acids is 1. The molecule has 1 aromatic carbocycles. The SMILES string of the molecule is COc1cc(C(C)NC(=O)c2cc(C(=O)O)ccn2)ccc1OC(C)C. The molecule has 0 saturated carbocycles. The van der Waals surface area contributed by atoms with Crippen molar-refractivity contribution in [2.24, 2.45) is 0 Å². The van der Waals surface area contributed by atoms with E-state index in [9.17, 15) is 9.59 Å². The summed E-state index contributed by atoms with van der Waals surface area (Å²) in [5, 5.41) is 11.8. The maximum absolute atomic E-state index is 12.3. The van der Waals surface area contributed by atoms with E-state index in [1.165, 1.54) is 18.3 Å². The molecule has 0 fully saturated rings. The number of pyridine rings is 1. The van der Waals surface area contributed by atoms with Gasteiger partial charge in [0.15, 0.2) is 11.5 Å². The van der Waals surface area contributed by atoms with Gasteiger partial charge in [-0.05, 0) is 50.6 Å². The normalized spacial score (nSPS) is 11.7. The molecule has 0 spiro atoms. The summed E-state index contributed by atoms with van der Waals surface area (Å²) in [4.78, 5) is 27.3. The van der Waals surface area contributed by atoms with E-state index >= 15 is 0 Å². The summed E-state index contributed by atoms with van der Waals surface area (Å²) in [6, 6.07) is 7.67. The van der Waals surface area contributed by atoms with Gasteiger partial charge in [0, 0.05) is 6.20 Å². The molecular formula is C19H22N2O5. The summed E-state index contributed by atoms with van der Waals surface area (Å²) in [5.74, 6) is -0.369. The number of benzene rings is 1. The molecule has 1 unspecified atom stereocenters. The van der Waals surface area contributed by atoms with E-state index in [2.05, 4.69) is 10.3 Å². The van der Waals surface area contributed by atoms with Crippen LogP contribution in [0.5, 0.6) is 11.5 Å². The molecule has 1 heterocycles. The predicted octanol–water partition coefficient (Wildman–Crippen LogP) is 3.07. The Morgan fingerprint density at radius 1 is 1.12 bits per heavy atom. The van der Waals surface area contributed by atoms with Crippen LogP contribution in [-0.4, -0.2) is 35.2 Å². The van der Waals surface area contributed by atoms with Crippen molar-refractivity contribution in [2.75, 3.05) is 7.11 Å². The van der Waals surface area contributed by atoms with Crippen molar-refractivity contribution in [3.8, 4) is 11.5 Å². The van der Waals surface area contributed by atoms with Gasteiger partial charge in [-0.15, -0.1) is 0 Å². The molecular weight excluding hydrogens is 336 g/mol. The first-order chi connectivity index (χ1) is 12.3. The second-order valence-electron chi connectivity index (χ2n) is 6.01. The van der Waals surface area contributed by atoms with Crippen molar-refractivity contribution in [2.45, 2.75) is 32.9 Å². The van der Waals surface area contributed by atoms with E-state index in [1.807, 2.05) is 26.8 Å². The van der Waals surface area contributed by atoms with Crippen LogP contribution < -0.4 is 14.8 Å². The van der Waals surface area contributed by atoms with Gasteiger partial charge in [0.2, 0.25) is 0 Å². The van der Waals surface area contributed by atoms with E-state index in [0.717, 1.165) is 5.56 Å². The molecule has 1 aromatic heterocycles. The van der Waals surface area contributed by atoms with Crippen LogP contribution in [0.1, 0.15) is 53.2 Å². The van der Waals surface area contributed by atoms with Crippen LogP contribution in [0.4, 0.5) is 0 Å². The van der Waals surface area contributed by atoms with E-state index in [0.29, 0.717) is 11.5 Å². The second-order valence-corrected chi connectivity index (χ2v) is 6.01. The molecule has 7 heteroatoms. The first-order valence-corrected chi connectivity index (χ1v) is 8.16. The first kappa shape index (κ1) is 19.2. The molecule has 0 bridgehead atoms. The fourth-order valence-electron chi connectivity index (χ4n) is 2.35. The standard InChI is InChI=1S/C19H22N2O5/c1-11(2)26-16-6-5-13(10-17(16)25-4)12(3)21-18(22)15-9-14(19(23)24)7-8-20-15/h5-12H,1-4H3,(H,21,22)(H,23,24). The van der Waals surface area contributed by atoms with Gasteiger partial charge < -0.3 is 19.9 Å². The van der Waals surface area contributed by atoms with Gasteiger partial charge in [0.05, 0.1) is 24.8 Å². The average Bonchev–Trinajstić information content (AvgIpc) is 2.61. The van der Waals surface area contributed by atoms with Crippen LogP contribution in [0.25, 0.3) is 0 Å². The number of hydrogen-bond acceptors (Lipinski definition) is 5. The molecule has 0 aliphatic carbocycles. The van der Waals surface area contributed by atoms with Gasteiger partial charge in [0.1, 0.15) is 5.69 Å². The first-order valence-electron chi connectivity index (χ1n) is 8.16. The van der Waals surface area contributed by atoms with Gasteiger partial charge in [-0.25, -0.2) is 4.79 Å². The zero-order valence-corrected chi connectivity index (χ0v) is 15.1. The number of hydrogen-bond donors (Lipinski definition) is 2. The lowest BCUT2D eigenvalue weighted by atomic mass is 10.1. The summed E-state index contributed by atoms with van der Waals surface area (Å²) in [6.07, 6.45) is 1.31. The van der Waals surface area contributed by atoms with Gasteiger partial charge >= 0.3 is 5.97 Å².